The van der Waals surface area contributed by atoms with Gasteiger partial charge in [-0.1, -0.05) is 19.9 Å². The highest BCUT2D eigenvalue weighted by atomic mass is 16.5. The molecule has 118 valence electrons. The van der Waals surface area contributed by atoms with Crippen molar-refractivity contribution in [2.75, 3.05) is 33.9 Å². The molecule has 0 atom stereocenters. The maximum atomic E-state index is 5.61. The lowest BCUT2D eigenvalue weighted by molar-refractivity contribution is 0.143. The van der Waals surface area contributed by atoms with Crippen LogP contribution in [0.15, 0.2) is 23.3 Å². The molecule has 0 bridgehead atoms. The number of aliphatic imine (C=N–C) groups is 1. The van der Waals surface area contributed by atoms with Crippen molar-refractivity contribution in [3.63, 3.8) is 0 Å². The molecular formula is C15H26N4O2. The molecule has 0 saturated carbocycles. The van der Waals surface area contributed by atoms with Crippen LogP contribution < -0.4 is 15.4 Å². The predicted octanol–water partition coefficient (Wildman–Crippen LogP) is 1.43. The molecule has 1 heterocycles. The highest BCUT2D eigenvalue weighted by Gasteiger charge is 2.06. The van der Waals surface area contributed by atoms with Crippen molar-refractivity contribution < 1.29 is 9.47 Å². The number of nitrogens with zero attached hydrogens (tertiary/aromatic N) is 2. The molecule has 1 aromatic heterocycles. The van der Waals surface area contributed by atoms with Gasteiger partial charge in [-0.2, -0.15) is 0 Å². The Hall–Kier alpha value is -1.82. The highest BCUT2D eigenvalue weighted by molar-refractivity contribution is 5.79. The zero-order valence-electron chi connectivity index (χ0n) is 13.3. The minimum Gasteiger partial charge on any atom is -0.475 e. The Kier molecular flexibility index (Phi) is 8.19. The van der Waals surface area contributed by atoms with E-state index in [4.69, 9.17) is 9.47 Å². The fraction of sp³-hybridized carbons (Fsp3) is 0.600. The monoisotopic (exact) mass is 294 g/mol. The van der Waals surface area contributed by atoms with Crippen molar-refractivity contribution in [1.82, 2.24) is 15.6 Å². The molecule has 0 saturated heterocycles. The molecule has 6 nitrogen and oxygen atoms in total. The number of hydrogen-bond donors (Lipinski definition) is 2. The maximum Gasteiger partial charge on any atom is 0.218 e. The molecule has 0 aliphatic rings. The lowest BCUT2D eigenvalue weighted by atomic mass is 10.2. The number of aromatic nitrogens is 1. The third kappa shape index (κ3) is 6.94. The van der Waals surface area contributed by atoms with E-state index in [2.05, 4.69) is 34.5 Å². The summed E-state index contributed by atoms with van der Waals surface area (Å²) in [6.45, 7) is 6.83. The SMILES string of the molecule is CN=C(NCc1cccnc1OCCOC)NCC(C)C. The van der Waals surface area contributed by atoms with Crippen LogP contribution >= 0.6 is 0 Å². The fourth-order valence-corrected chi connectivity index (χ4v) is 1.61. The van der Waals surface area contributed by atoms with Crippen LogP contribution in [0.25, 0.3) is 0 Å². The molecular weight excluding hydrogens is 268 g/mol. The van der Waals surface area contributed by atoms with Gasteiger partial charge in [0, 0.05) is 39.0 Å². The summed E-state index contributed by atoms with van der Waals surface area (Å²) in [6.07, 6.45) is 1.72. The van der Waals surface area contributed by atoms with E-state index in [1.165, 1.54) is 0 Å². The molecule has 0 aromatic carbocycles. The van der Waals surface area contributed by atoms with E-state index in [-0.39, 0.29) is 0 Å². The summed E-state index contributed by atoms with van der Waals surface area (Å²) in [6, 6.07) is 3.88. The Morgan fingerprint density at radius 2 is 2.14 bits per heavy atom. The smallest absolute Gasteiger partial charge is 0.218 e. The average Bonchev–Trinajstić information content (AvgIpc) is 2.48. The first-order chi connectivity index (χ1) is 10.2. The molecule has 2 N–H and O–H groups in total. The minimum atomic E-state index is 0.487. The van der Waals surface area contributed by atoms with Crippen LogP contribution in [-0.2, 0) is 11.3 Å². The van der Waals surface area contributed by atoms with Crippen LogP contribution in [0.2, 0.25) is 0 Å². The summed E-state index contributed by atoms with van der Waals surface area (Å²) in [7, 11) is 3.41. The summed E-state index contributed by atoms with van der Waals surface area (Å²) in [5.74, 6) is 1.96. The van der Waals surface area contributed by atoms with Crippen molar-refractivity contribution in [3.05, 3.63) is 23.9 Å². The first kappa shape index (κ1) is 17.2. The maximum absolute atomic E-state index is 5.61. The molecule has 21 heavy (non-hydrogen) atoms. The van der Waals surface area contributed by atoms with Gasteiger partial charge < -0.3 is 20.1 Å². The minimum absolute atomic E-state index is 0.487. The first-order valence-corrected chi connectivity index (χ1v) is 7.17. The summed E-state index contributed by atoms with van der Waals surface area (Å²) in [5.41, 5.74) is 0.987. The average molecular weight is 294 g/mol. The largest absolute Gasteiger partial charge is 0.475 e. The quantitative estimate of drug-likeness (QED) is 0.431. The van der Waals surface area contributed by atoms with Crippen LogP contribution in [0, 0.1) is 5.92 Å². The van der Waals surface area contributed by atoms with Crippen LogP contribution in [-0.4, -0.2) is 44.9 Å². The third-order valence-corrected chi connectivity index (χ3v) is 2.72. The molecule has 6 heteroatoms. The topological polar surface area (TPSA) is 67.8 Å². The van der Waals surface area contributed by atoms with E-state index in [0.717, 1.165) is 18.1 Å². The van der Waals surface area contributed by atoms with Gasteiger partial charge in [-0.3, -0.25) is 4.99 Å². The third-order valence-electron chi connectivity index (χ3n) is 2.72. The Balaban J connectivity index is 2.53. The van der Waals surface area contributed by atoms with Gasteiger partial charge in [-0.05, 0) is 12.0 Å². The van der Waals surface area contributed by atoms with E-state index in [0.29, 0.717) is 31.6 Å². The van der Waals surface area contributed by atoms with E-state index >= 15 is 0 Å². The van der Waals surface area contributed by atoms with Crippen LogP contribution in [0.1, 0.15) is 19.4 Å². The van der Waals surface area contributed by atoms with Gasteiger partial charge in [0.2, 0.25) is 5.88 Å². The predicted molar refractivity (Wildman–Crippen MR) is 84.6 cm³/mol. The molecule has 1 aromatic rings. The van der Waals surface area contributed by atoms with E-state index < -0.39 is 0 Å². The van der Waals surface area contributed by atoms with Crippen molar-refractivity contribution in [2.24, 2.45) is 10.9 Å². The molecule has 0 radical (unpaired) electrons. The zero-order chi connectivity index (χ0) is 15.5. The van der Waals surface area contributed by atoms with Crippen LogP contribution in [0.4, 0.5) is 0 Å². The molecule has 0 amide bonds. The summed E-state index contributed by atoms with van der Waals surface area (Å²) >= 11 is 0. The van der Waals surface area contributed by atoms with Gasteiger partial charge in [0.1, 0.15) is 6.61 Å². The van der Waals surface area contributed by atoms with Crippen molar-refractivity contribution in [3.8, 4) is 5.88 Å². The molecule has 0 fully saturated rings. The molecule has 0 aliphatic carbocycles. The molecule has 1 rings (SSSR count). The summed E-state index contributed by atoms with van der Waals surface area (Å²) in [4.78, 5) is 8.44. The Morgan fingerprint density at radius 3 is 2.81 bits per heavy atom. The lowest BCUT2D eigenvalue weighted by Crippen LogP contribution is -2.38. The summed E-state index contributed by atoms with van der Waals surface area (Å²) in [5, 5.41) is 6.53. The van der Waals surface area contributed by atoms with Crippen molar-refractivity contribution in [2.45, 2.75) is 20.4 Å². The number of rotatable bonds is 8. The summed E-state index contributed by atoms with van der Waals surface area (Å²) < 4.78 is 10.6. The van der Waals surface area contributed by atoms with Gasteiger partial charge in [-0.25, -0.2) is 4.98 Å². The number of pyridine rings is 1. The fourth-order valence-electron chi connectivity index (χ4n) is 1.61. The van der Waals surface area contributed by atoms with Crippen LogP contribution in [0.5, 0.6) is 5.88 Å². The Morgan fingerprint density at radius 1 is 1.33 bits per heavy atom. The van der Waals surface area contributed by atoms with Gasteiger partial charge in [0.05, 0.1) is 6.61 Å². The second kappa shape index (κ2) is 9.99. The van der Waals surface area contributed by atoms with Crippen molar-refractivity contribution >= 4 is 5.96 Å². The number of hydrogen-bond acceptors (Lipinski definition) is 4. The zero-order valence-corrected chi connectivity index (χ0v) is 13.3. The van der Waals surface area contributed by atoms with Crippen molar-refractivity contribution in [1.29, 1.82) is 0 Å². The number of nitrogens with one attached hydrogen (secondary N) is 2. The molecule has 0 aliphatic heterocycles. The number of ether oxygens (including phenoxy) is 2. The molecule has 0 spiro atoms. The van der Waals surface area contributed by atoms with Gasteiger partial charge in [0.15, 0.2) is 5.96 Å². The van der Waals surface area contributed by atoms with Gasteiger partial charge in [0.25, 0.3) is 0 Å². The molecule has 0 unspecified atom stereocenters. The van der Waals surface area contributed by atoms with E-state index in [1.54, 1.807) is 20.4 Å². The van der Waals surface area contributed by atoms with Gasteiger partial charge >= 0.3 is 0 Å². The standard InChI is InChI=1S/C15H26N4O2/c1-12(2)10-18-15(16-3)19-11-13-6-5-7-17-14(13)21-9-8-20-4/h5-7,12H,8-11H2,1-4H3,(H2,16,18,19). The normalized spacial score (nSPS) is 11.6. The second-order valence-corrected chi connectivity index (χ2v) is 5.01. The van der Waals surface area contributed by atoms with E-state index in [9.17, 15) is 0 Å². The number of guanidine groups is 1. The second-order valence-electron chi connectivity index (χ2n) is 5.01. The Bertz CT molecular complexity index is 435. The van der Waals surface area contributed by atoms with Crippen LogP contribution in [0.3, 0.4) is 0 Å². The first-order valence-electron chi connectivity index (χ1n) is 7.17. The Labute approximate surface area is 127 Å². The van der Waals surface area contributed by atoms with E-state index in [1.807, 2.05) is 12.1 Å². The van der Waals surface area contributed by atoms with Gasteiger partial charge in [-0.15, -0.1) is 0 Å². The highest BCUT2D eigenvalue weighted by Crippen LogP contribution is 2.13. The number of methoxy groups -OCH3 is 1. The lowest BCUT2D eigenvalue weighted by Gasteiger charge is -2.15.